The summed E-state index contributed by atoms with van der Waals surface area (Å²) in [5, 5.41) is 2.58. The van der Waals surface area contributed by atoms with Gasteiger partial charge < -0.3 is 11.1 Å². The Morgan fingerprint density at radius 3 is 2.50 bits per heavy atom. The first-order chi connectivity index (χ1) is 16.2. The molecule has 0 aliphatic carbocycles. The molecule has 0 aliphatic rings. The molecule has 2 amide bonds. The Bertz CT molecular complexity index is 1470. The van der Waals surface area contributed by atoms with Crippen LogP contribution in [-0.2, 0) is 4.79 Å². The van der Waals surface area contributed by atoms with E-state index < -0.39 is 17.0 Å². The van der Waals surface area contributed by atoms with Crippen LogP contribution in [0, 0.1) is 5.82 Å². The minimum Gasteiger partial charge on any atom is -0.366 e. The summed E-state index contributed by atoms with van der Waals surface area (Å²) < 4.78 is 15.1. The van der Waals surface area contributed by atoms with E-state index in [1.807, 2.05) is 0 Å². The van der Waals surface area contributed by atoms with E-state index in [4.69, 9.17) is 17.3 Å². The molecule has 1 atom stereocenters. The van der Waals surface area contributed by atoms with Crippen LogP contribution in [0.3, 0.4) is 0 Å². The third-order valence-corrected chi connectivity index (χ3v) is 6.34. The molecule has 0 bridgehead atoms. The number of thioether (sulfide) groups is 1. The highest BCUT2D eigenvalue weighted by atomic mass is 35.5. The highest BCUT2D eigenvalue weighted by Crippen LogP contribution is 2.27. The number of rotatable bonds is 6. The number of hydrogen-bond donors (Lipinski definition) is 2. The van der Waals surface area contributed by atoms with Crippen LogP contribution >= 0.6 is 23.4 Å². The molecule has 34 heavy (non-hydrogen) atoms. The smallest absolute Gasteiger partial charge is 0.266 e. The number of para-hydroxylation sites is 1. The summed E-state index contributed by atoms with van der Waals surface area (Å²) in [5.74, 6) is -1.53. The SMILES string of the molecule is C[C@H](Sc1nc2ccccc2c(=O)n1-c1ccc(F)c(Cl)c1)C(=O)Nc1ccc(C(N)=O)cc1. The van der Waals surface area contributed by atoms with Crippen molar-refractivity contribution in [1.82, 2.24) is 9.55 Å². The van der Waals surface area contributed by atoms with E-state index in [-0.39, 0.29) is 21.6 Å². The number of carbonyl (C=O) groups excluding carboxylic acids is 2. The van der Waals surface area contributed by atoms with Crippen LogP contribution in [0.1, 0.15) is 17.3 Å². The van der Waals surface area contributed by atoms with Crippen molar-refractivity contribution >= 4 is 51.8 Å². The maximum Gasteiger partial charge on any atom is 0.266 e. The van der Waals surface area contributed by atoms with Crippen LogP contribution in [0.25, 0.3) is 16.6 Å². The number of amides is 2. The first kappa shape index (κ1) is 23.5. The Hall–Kier alpha value is -3.69. The highest BCUT2D eigenvalue weighted by molar-refractivity contribution is 8.00. The number of primary amides is 1. The molecule has 10 heteroatoms. The molecule has 172 valence electrons. The normalized spacial score (nSPS) is 11.9. The third-order valence-electron chi connectivity index (χ3n) is 4.99. The Morgan fingerprint density at radius 2 is 1.82 bits per heavy atom. The van der Waals surface area contributed by atoms with E-state index >= 15 is 0 Å². The Balaban J connectivity index is 1.68. The van der Waals surface area contributed by atoms with Gasteiger partial charge in [-0.2, -0.15) is 0 Å². The summed E-state index contributed by atoms with van der Waals surface area (Å²) in [4.78, 5) is 41.9. The van der Waals surface area contributed by atoms with Crippen LogP contribution in [0.5, 0.6) is 0 Å². The molecule has 0 radical (unpaired) electrons. The van der Waals surface area contributed by atoms with Crippen molar-refractivity contribution < 1.29 is 14.0 Å². The number of fused-ring (bicyclic) bond motifs is 1. The van der Waals surface area contributed by atoms with Gasteiger partial charge in [0.25, 0.3) is 5.56 Å². The van der Waals surface area contributed by atoms with Crippen LogP contribution in [0.2, 0.25) is 5.02 Å². The zero-order chi connectivity index (χ0) is 24.4. The third kappa shape index (κ3) is 4.80. The Kier molecular flexibility index (Phi) is 6.67. The van der Waals surface area contributed by atoms with Gasteiger partial charge in [-0.3, -0.25) is 19.0 Å². The summed E-state index contributed by atoms with van der Waals surface area (Å²) in [6.07, 6.45) is 0. The molecule has 0 saturated heterocycles. The molecule has 3 aromatic carbocycles. The fraction of sp³-hybridized carbons (Fsp3) is 0.0833. The molecular formula is C24H18ClFN4O3S. The van der Waals surface area contributed by atoms with Crippen LogP contribution in [-0.4, -0.2) is 26.6 Å². The predicted octanol–water partition coefficient (Wildman–Crippen LogP) is 4.40. The standard InChI is InChI=1S/C24H18ClFN4O3S/c1-13(22(32)28-15-8-6-14(7-9-15)21(27)31)34-24-29-20-5-3-2-4-17(20)23(33)30(24)16-10-11-19(26)18(25)12-16/h2-13H,1H3,(H2,27,31)(H,28,32)/t13-/m0/s1. The zero-order valence-electron chi connectivity index (χ0n) is 17.8. The molecule has 3 N–H and O–H groups in total. The number of nitrogens with two attached hydrogens (primary N) is 1. The average Bonchev–Trinajstić information content (AvgIpc) is 2.81. The van der Waals surface area contributed by atoms with E-state index in [0.717, 1.165) is 11.8 Å². The number of halogens is 2. The molecule has 0 saturated carbocycles. The molecule has 4 rings (SSSR count). The number of carbonyl (C=O) groups is 2. The number of hydrogen-bond acceptors (Lipinski definition) is 5. The number of nitrogens with one attached hydrogen (secondary N) is 1. The lowest BCUT2D eigenvalue weighted by atomic mass is 10.2. The van der Waals surface area contributed by atoms with E-state index in [1.54, 1.807) is 43.3 Å². The number of nitrogens with zero attached hydrogens (tertiary/aromatic N) is 2. The summed E-state index contributed by atoms with van der Waals surface area (Å²) in [5.41, 5.74) is 6.46. The topological polar surface area (TPSA) is 107 Å². The Morgan fingerprint density at radius 1 is 1.12 bits per heavy atom. The first-order valence-corrected chi connectivity index (χ1v) is 11.3. The van der Waals surface area contributed by atoms with Crippen molar-refractivity contribution in [3.8, 4) is 5.69 Å². The maximum atomic E-state index is 13.7. The van der Waals surface area contributed by atoms with Crippen molar-refractivity contribution in [2.45, 2.75) is 17.3 Å². The van der Waals surface area contributed by atoms with Crippen molar-refractivity contribution in [2.24, 2.45) is 5.73 Å². The van der Waals surface area contributed by atoms with Crippen LogP contribution < -0.4 is 16.6 Å². The molecule has 4 aromatic rings. The average molecular weight is 497 g/mol. The molecule has 0 aliphatic heterocycles. The van der Waals surface area contributed by atoms with E-state index in [1.165, 1.54) is 34.9 Å². The number of anilines is 1. The summed E-state index contributed by atoms with van der Waals surface area (Å²) in [7, 11) is 0. The van der Waals surface area contributed by atoms with Crippen molar-refractivity contribution in [3.05, 3.63) is 93.5 Å². The summed E-state index contributed by atoms with van der Waals surface area (Å²) in [6.45, 7) is 1.67. The van der Waals surface area contributed by atoms with Crippen LogP contribution in [0.15, 0.2) is 76.7 Å². The van der Waals surface area contributed by atoms with E-state index in [0.29, 0.717) is 27.8 Å². The van der Waals surface area contributed by atoms with Gasteiger partial charge in [-0.05, 0) is 61.5 Å². The predicted molar refractivity (Wildman–Crippen MR) is 131 cm³/mol. The molecule has 1 heterocycles. The second-order valence-corrected chi connectivity index (χ2v) is 9.06. The summed E-state index contributed by atoms with van der Waals surface area (Å²) in [6, 6.07) is 16.9. The largest absolute Gasteiger partial charge is 0.366 e. The molecule has 0 fully saturated rings. The van der Waals surface area contributed by atoms with Gasteiger partial charge in [-0.1, -0.05) is 35.5 Å². The van der Waals surface area contributed by atoms with Crippen molar-refractivity contribution in [3.63, 3.8) is 0 Å². The van der Waals surface area contributed by atoms with Gasteiger partial charge in [0, 0.05) is 11.3 Å². The van der Waals surface area contributed by atoms with Crippen molar-refractivity contribution in [2.75, 3.05) is 5.32 Å². The first-order valence-electron chi connectivity index (χ1n) is 10.1. The maximum absolute atomic E-state index is 13.7. The van der Waals surface area contributed by atoms with Gasteiger partial charge in [-0.15, -0.1) is 0 Å². The van der Waals surface area contributed by atoms with Gasteiger partial charge in [0.05, 0.1) is 26.9 Å². The van der Waals surface area contributed by atoms with Gasteiger partial charge in [0.15, 0.2) is 5.16 Å². The van der Waals surface area contributed by atoms with Gasteiger partial charge in [-0.25, -0.2) is 9.37 Å². The zero-order valence-corrected chi connectivity index (χ0v) is 19.4. The highest BCUT2D eigenvalue weighted by Gasteiger charge is 2.21. The van der Waals surface area contributed by atoms with E-state index in [2.05, 4.69) is 10.3 Å². The molecule has 7 nitrogen and oxygen atoms in total. The lowest BCUT2D eigenvalue weighted by Crippen LogP contribution is -2.26. The quantitative estimate of drug-likeness (QED) is 0.304. The minimum atomic E-state index is -0.661. The van der Waals surface area contributed by atoms with Gasteiger partial charge in [0.2, 0.25) is 11.8 Å². The second kappa shape index (κ2) is 9.66. The van der Waals surface area contributed by atoms with Crippen molar-refractivity contribution in [1.29, 1.82) is 0 Å². The monoisotopic (exact) mass is 496 g/mol. The fourth-order valence-electron chi connectivity index (χ4n) is 3.22. The molecule has 0 unspecified atom stereocenters. The summed E-state index contributed by atoms with van der Waals surface area (Å²) >= 11 is 7.02. The van der Waals surface area contributed by atoms with Crippen LogP contribution in [0.4, 0.5) is 10.1 Å². The van der Waals surface area contributed by atoms with Gasteiger partial charge in [0.1, 0.15) is 5.82 Å². The lowest BCUT2D eigenvalue weighted by molar-refractivity contribution is -0.115. The lowest BCUT2D eigenvalue weighted by Gasteiger charge is -2.17. The minimum absolute atomic E-state index is 0.140. The fourth-order valence-corrected chi connectivity index (χ4v) is 4.32. The Labute approximate surface area is 202 Å². The molecular weight excluding hydrogens is 479 g/mol. The molecule has 0 spiro atoms. The number of aromatic nitrogens is 2. The second-order valence-electron chi connectivity index (χ2n) is 7.34. The molecule has 1 aromatic heterocycles. The number of benzene rings is 3. The van der Waals surface area contributed by atoms with Gasteiger partial charge >= 0.3 is 0 Å². The van der Waals surface area contributed by atoms with E-state index in [9.17, 15) is 18.8 Å².